The second kappa shape index (κ2) is 8.19. The first-order valence-electron chi connectivity index (χ1n) is 13.0. The summed E-state index contributed by atoms with van der Waals surface area (Å²) in [5, 5.41) is 12.9. The van der Waals surface area contributed by atoms with Gasteiger partial charge in [0.05, 0.1) is 42.0 Å². The van der Waals surface area contributed by atoms with Crippen molar-refractivity contribution < 1.29 is 23.4 Å². The lowest BCUT2D eigenvalue weighted by Gasteiger charge is -2.43. The molecule has 8 rings (SSSR count). The third-order valence-corrected chi connectivity index (χ3v) is 8.39. The lowest BCUT2D eigenvalue weighted by atomic mass is 9.67. The average molecular weight is 508 g/mol. The molecule has 0 spiro atoms. The highest BCUT2D eigenvalue weighted by molar-refractivity contribution is 5.84. The summed E-state index contributed by atoms with van der Waals surface area (Å²) in [4.78, 5) is 16.7. The number of hydrogen-bond acceptors (Lipinski definition) is 7. The number of hydrogen-bond donors (Lipinski definition) is 1. The fourth-order valence-electron chi connectivity index (χ4n) is 6.37. The van der Waals surface area contributed by atoms with Crippen LogP contribution in [-0.2, 0) is 32.8 Å². The smallest absolute Gasteiger partial charge is 0.226 e. The minimum atomic E-state index is -1.01. The maximum absolute atomic E-state index is 13.3. The maximum atomic E-state index is 13.3. The van der Waals surface area contributed by atoms with Gasteiger partial charge in [-0.3, -0.25) is 9.78 Å². The van der Waals surface area contributed by atoms with Crippen molar-refractivity contribution in [2.45, 2.75) is 75.7 Å². The van der Waals surface area contributed by atoms with E-state index in [-0.39, 0.29) is 29.3 Å². The van der Waals surface area contributed by atoms with Gasteiger partial charge in [-0.1, -0.05) is 5.21 Å². The quantitative estimate of drug-likeness (QED) is 0.524. The highest BCUT2D eigenvalue weighted by Crippen LogP contribution is 2.59. The first-order chi connectivity index (χ1) is 17.8. The average Bonchev–Trinajstić information content (AvgIpc) is 3.19. The predicted octanol–water partition coefficient (Wildman–Crippen LogP) is 3.16. The lowest BCUT2D eigenvalue weighted by Crippen LogP contribution is -2.53. The highest BCUT2D eigenvalue weighted by atomic mass is 19.1. The Balaban J connectivity index is 1.08. The maximum Gasteiger partial charge on any atom is 0.226 e. The first-order valence-corrected chi connectivity index (χ1v) is 13.0. The summed E-state index contributed by atoms with van der Waals surface area (Å²) in [6.45, 7) is 5.67. The molecule has 2 saturated heterocycles. The van der Waals surface area contributed by atoms with Gasteiger partial charge in [0.2, 0.25) is 5.91 Å². The topological polar surface area (TPSA) is 100 Å². The minimum Gasteiger partial charge on any atom is -0.484 e. The van der Waals surface area contributed by atoms with Gasteiger partial charge in [-0.2, -0.15) is 0 Å². The molecule has 10 heteroatoms. The fourth-order valence-corrected chi connectivity index (χ4v) is 6.37. The van der Waals surface area contributed by atoms with Crippen molar-refractivity contribution in [3.05, 3.63) is 47.4 Å². The Morgan fingerprint density at radius 2 is 2.22 bits per heavy atom. The summed E-state index contributed by atoms with van der Waals surface area (Å²) in [6, 6.07) is 5.97. The Morgan fingerprint density at radius 1 is 1.38 bits per heavy atom. The SMILES string of the molecule is C[C@@H](Oc1ccc2ncc3c(c2c1)CCOC3)c1cn(C23CC(C)(C2)OC3CNC(=O)C2CC2F)nn1. The van der Waals surface area contributed by atoms with Crippen molar-refractivity contribution in [2.24, 2.45) is 5.92 Å². The molecule has 2 aliphatic carbocycles. The zero-order valence-electron chi connectivity index (χ0n) is 20.9. The molecule has 2 bridgehead atoms. The van der Waals surface area contributed by atoms with Crippen molar-refractivity contribution in [1.29, 1.82) is 0 Å². The van der Waals surface area contributed by atoms with E-state index in [9.17, 15) is 9.18 Å². The summed E-state index contributed by atoms with van der Waals surface area (Å²) >= 11 is 0. The number of nitrogens with one attached hydrogen (secondary N) is 1. The number of carbonyl (C=O) groups is 1. The highest BCUT2D eigenvalue weighted by Gasteiger charge is 2.67. The van der Waals surface area contributed by atoms with Crippen molar-refractivity contribution in [3.8, 4) is 5.75 Å². The molecule has 4 fully saturated rings. The van der Waals surface area contributed by atoms with E-state index in [1.165, 1.54) is 5.56 Å². The monoisotopic (exact) mass is 507 g/mol. The van der Waals surface area contributed by atoms with Gasteiger partial charge >= 0.3 is 0 Å². The van der Waals surface area contributed by atoms with Crippen LogP contribution in [0.2, 0.25) is 0 Å². The molecule has 3 unspecified atom stereocenters. The molecular formula is C27H30FN5O4. The van der Waals surface area contributed by atoms with Gasteiger partial charge in [0.25, 0.3) is 0 Å². The minimum absolute atomic E-state index is 0.235. The number of benzene rings is 1. The number of amides is 1. The molecule has 37 heavy (non-hydrogen) atoms. The molecular weight excluding hydrogens is 477 g/mol. The lowest BCUT2D eigenvalue weighted by molar-refractivity contribution is -0.123. The van der Waals surface area contributed by atoms with Crippen LogP contribution in [0.5, 0.6) is 5.75 Å². The van der Waals surface area contributed by atoms with Crippen LogP contribution in [-0.4, -0.2) is 56.9 Å². The standard InChI is InChI=1S/C27H30FN5O4/c1-15(36-17-3-4-22-19(7-17)18-5-6-35-12-16(18)9-29-22)23-11-33(32-31-23)27-13-26(2,14-27)37-24(27)10-30-25(34)20-8-21(20)28/h3-4,7,9,11,15,20-21,24H,5-6,8,10,12-14H2,1-2H3,(H,30,34)/t15-,20?,21?,24?,26?,27?/m1/s1. The summed E-state index contributed by atoms with van der Waals surface area (Å²) in [6.07, 6.45) is 5.01. The van der Waals surface area contributed by atoms with Crippen LogP contribution in [0.3, 0.4) is 0 Å². The van der Waals surface area contributed by atoms with Crippen LogP contribution in [0.1, 0.15) is 56.0 Å². The Morgan fingerprint density at radius 3 is 3.03 bits per heavy atom. The predicted molar refractivity (Wildman–Crippen MR) is 131 cm³/mol. The molecule has 1 aromatic carbocycles. The molecule has 9 nitrogen and oxygen atoms in total. The van der Waals surface area contributed by atoms with E-state index in [4.69, 9.17) is 14.2 Å². The van der Waals surface area contributed by atoms with Gasteiger partial charge in [0.15, 0.2) is 0 Å². The van der Waals surface area contributed by atoms with Gasteiger partial charge in [-0.15, -0.1) is 5.10 Å². The van der Waals surface area contributed by atoms with Gasteiger partial charge < -0.3 is 19.5 Å². The van der Waals surface area contributed by atoms with Crippen molar-refractivity contribution in [3.63, 3.8) is 0 Å². The van der Waals surface area contributed by atoms with Crippen molar-refractivity contribution >= 4 is 16.8 Å². The molecule has 1 amide bonds. The van der Waals surface area contributed by atoms with Crippen LogP contribution >= 0.6 is 0 Å². The number of aromatic nitrogens is 4. The van der Waals surface area contributed by atoms with E-state index >= 15 is 0 Å². The van der Waals surface area contributed by atoms with Crippen LogP contribution < -0.4 is 10.1 Å². The third kappa shape index (κ3) is 3.80. The molecule has 0 radical (unpaired) electrons. The number of rotatable bonds is 7. The summed E-state index contributed by atoms with van der Waals surface area (Å²) in [5.74, 6) is 0.00599. The Kier molecular flexibility index (Phi) is 5.10. The Hall–Kier alpha value is -3.11. The van der Waals surface area contributed by atoms with Crippen molar-refractivity contribution in [1.82, 2.24) is 25.3 Å². The molecule has 194 valence electrons. The molecule has 3 aliphatic heterocycles. The number of carbonyl (C=O) groups excluding carboxylic acids is 1. The van der Waals surface area contributed by atoms with Crippen LogP contribution in [0, 0.1) is 5.92 Å². The van der Waals surface area contributed by atoms with Gasteiger partial charge in [-0.25, -0.2) is 9.07 Å². The van der Waals surface area contributed by atoms with Gasteiger partial charge in [0, 0.05) is 31.0 Å². The second-order valence-corrected chi connectivity index (χ2v) is 11.2. The Labute approximate surface area is 213 Å². The summed E-state index contributed by atoms with van der Waals surface area (Å²) in [7, 11) is 0. The van der Waals surface area contributed by atoms with Crippen molar-refractivity contribution in [2.75, 3.05) is 13.2 Å². The normalized spacial score (nSPS) is 32.5. The van der Waals surface area contributed by atoms with Gasteiger partial charge in [0.1, 0.15) is 29.8 Å². The molecule has 4 atom stereocenters. The Bertz CT molecular complexity index is 1390. The van der Waals surface area contributed by atoms with E-state index in [0.717, 1.165) is 47.2 Å². The van der Waals surface area contributed by atoms with E-state index < -0.39 is 12.1 Å². The van der Waals surface area contributed by atoms with E-state index in [1.54, 1.807) is 0 Å². The zero-order valence-corrected chi connectivity index (χ0v) is 20.9. The molecule has 5 aliphatic rings. The second-order valence-electron chi connectivity index (χ2n) is 11.2. The number of nitrogens with zero attached hydrogens (tertiary/aromatic N) is 4. The number of alkyl halides is 1. The fraction of sp³-hybridized carbons (Fsp3) is 0.556. The zero-order chi connectivity index (χ0) is 25.4. The molecule has 2 saturated carbocycles. The largest absolute Gasteiger partial charge is 0.484 e. The molecule has 2 aromatic heterocycles. The van der Waals surface area contributed by atoms with E-state index in [2.05, 4.69) is 33.6 Å². The number of pyridine rings is 1. The third-order valence-electron chi connectivity index (χ3n) is 8.39. The molecule has 3 aromatic rings. The van der Waals surface area contributed by atoms with Gasteiger partial charge in [-0.05, 0) is 56.0 Å². The summed E-state index contributed by atoms with van der Waals surface area (Å²) in [5.41, 5.74) is 3.45. The van der Waals surface area contributed by atoms with Crippen LogP contribution in [0.4, 0.5) is 4.39 Å². The molecule has 1 N–H and O–H groups in total. The first kappa shape index (κ1) is 23.0. The summed E-state index contributed by atoms with van der Waals surface area (Å²) < 4.78 is 33.3. The number of ether oxygens (including phenoxy) is 3. The van der Waals surface area contributed by atoms with Crippen LogP contribution in [0.15, 0.2) is 30.6 Å². The van der Waals surface area contributed by atoms with Crippen LogP contribution in [0.25, 0.3) is 10.9 Å². The number of halogens is 1. The van der Waals surface area contributed by atoms with E-state index in [0.29, 0.717) is 26.2 Å². The molecule has 5 heterocycles. The van der Waals surface area contributed by atoms with E-state index in [1.807, 2.05) is 36.1 Å². The number of fused-ring (bicyclic) bond motifs is 4.